The summed E-state index contributed by atoms with van der Waals surface area (Å²) in [5.74, 6) is 0.507. The van der Waals surface area contributed by atoms with Crippen LogP contribution < -0.4 is 16.4 Å². The van der Waals surface area contributed by atoms with E-state index in [1.165, 1.54) is 32.1 Å². The number of rotatable bonds is 4. The van der Waals surface area contributed by atoms with Crippen LogP contribution in [0.25, 0.3) is 10.4 Å². The molecule has 5 N–H and O–H groups in total. The largest absolute Gasteiger partial charge is 0.465 e. The van der Waals surface area contributed by atoms with E-state index in [2.05, 4.69) is 15.6 Å². The van der Waals surface area contributed by atoms with Crippen molar-refractivity contribution in [3.63, 3.8) is 0 Å². The van der Waals surface area contributed by atoms with Gasteiger partial charge in [-0.2, -0.15) is 0 Å². The van der Waals surface area contributed by atoms with Crippen LogP contribution in [0.2, 0.25) is 0 Å². The number of nitrogens with two attached hydrogens (primary N) is 1. The third-order valence-electron chi connectivity index (χ3n) is 4.27. The minimum absolute atomic E-state index is 0.358. The summed E-state index contributed by atoms with van der Waals surface area (Å²) in [4.78, 5) is 27.6. The second kappa shape index (κ2) is 7.52. The Hall–Kier alpha value is -2.61. The number of benzene rings is 1. The van der Waals surface area contributed by atoms with Crippen LogP contribution in [0.4, 0.5) is 21.0 Å². The predicted octanol–water partition coefficient (Wildman–Crippen LogP) is 4.44. The van der Waals surface area contributed by atoms with E-state index in [4.69, 9.17) is 10.8 Å². The van der Waals surface area contributed by atoms with Crippen molar-refractivity contribution < 1.29 is 14.7 Å². The first-order chi connectivity index (χ1) is 12.0. The van der Waals surface area contributed by atoms with Crippen LogP contribution in [0, 0.1) is 0 Å². The highest BCUT2D eigenvalue weighted by Crippen LogP contribution is 2.40. The Bertz CT molecular complexity index is 784. The van der Waals surface area contributed by atoms with Crippen LogP contribution >= 0.6 is 11.3 Å². The Morgan fingerprint density at radius 1 is 1.20 bits per heavy atom. The van der Waals surface area contributed by atoms with Crippen LogP contribution in [-0.2, 0) is 0 Å². The van der Waals surface area contributed by atoms with Gasteiger partial charge in [-0.1, -0.05) is 19.3 Å². The molecule has 0 radical (unpaired) electrons. The van der Waals surface area contributed by atoms with Gasteiger partial charge >= 0.3 is 12.1 Å². The minimum Gasteiger partial charge on any atom is -0.465 e. The number of urea groups is 1. The molecule has 1 fully saturated rings. The lowest BCUT2D eigenvalue weighted by Gasteiger charge is -2.18. The van der Waals surface area contributed by atoms with Crippen LogP contribution in [0.1, 0.15) is 43.0 Å². The molecule has 3 rings (SSSR count). The Labute approximate surface area is 149 Å². The molecule has 1 aromatic heterocycles. The summed E-state index contributed by atoms with van der Waals surface area (Å²) in [6, 6.07) is 4.25. The van der Waals surface area contributed by atoms with Crippen LogP contribution in [0.15, 0.2) is 24.4 Å². The van der Waals surface area contributed by atoms with Crippen LogP contribution in [-0.4, -0.2) is 22.2 Å². The molecule has 0 spiro atoms. The molecule has 1 aliphatic rings. The fourth-order valence-corrected chi connectivity index (χ4v) is 4.27. The maximum Gasteiger partial charge on any atom is 0.409 e. The highest BCUT2D eigenvalue weighted by molar-refractivity contribution is 7.15. The van der Waals surface area contributed by atoms with Gasteiger partial charge in [0.15, 0.2) is 0 Å². The standard InChI is InChI=1S/C17H20N4O3S/c18-16(22)21-13-8-11(20-17(23)24)6-7-12(13)14-9-19-15(25-14)10-4-2-1-3-5-10/h6-10,20H,1-5H2,(H,23,24)(H3,18,21,22). The highest BCUT2D eigenvalue weighted by Gasteiger charge is 2.20. The first-order valence-corrected chi connectivity index (χ1v) is 9.01. The van der Waals surface area contributed by atoms with Crippen molar-refractivity contribution in [1.82, 2.24) is 4.98 Å². The van der Waals surface area contributed by atoms with E-state index in [1.807, 2.05) is 0 Å². The molecule has 2 aromatic rings. The molecular weight excluding hydrogens is 340 g/mol. The van der Waals surface area contributed by atoms with E-state index in [-0.39, 0.29) is 0 Å². The average molecular weight is 360 g/mol. The molecule has 132 valence electrons. The van der Waals surface area contributed by atoms with Gasteiger partial charge in [0, 0.05) is 23.4 Å². The van der Waals surface area contributed by atoms with E-state index in [1.54, 1.807) is 35.7 Å². The summed E-state index contributed by atoms with van der Waals surface area (Å²) in [5, 5.41) is 14.8. The maximum atomic E-state index is 11.3. The zero-order valence-electron chi connectivity index (χ0n) is 13.6. The number of aromatic nitrogens is 1. The summed E-state index contributed by atoms with van der Waals surface area (Å²) in [6.45, 7) is 0. The van der Waals surface area contributed by atoms with Gasteiger partial charge in [-0.05, 0) is 31.0 Å². The van der Waals surface area contributed by atoms with Crippen molar-refractivity contribution in [1.29, 1.82) is 0 Å². The Morgan fingerprint density at radius 3 is 2.64 bits per heavy atom. The summed E-state index contributed by atoms with van der Waals surface area (Å²) < 4.78 is 0. The predicted molar refractivity (Wildman–Crippen MR) is 98.2 cm³/mol. The third kappa shape index (κ3) is 4.27. The van der Waals surface area contributed by atoms with Gasteiger partial charge in [-0.15, -0.1) is 11.3 Å². The van der Waals surface area contributed by atoms with E-state index >= 15 is 0 Å². The summed E-state index contributed by atoms with van der Waals surface area (Å²) in [7, 11) is 0. The monoisotopic (exact) mass is 360 g/mol. The molecule has 1 saturated carbocycles. The molecule has 0 aliphatic heterocycles. The summed E-state index contributed by atoms with van der Waals surface area (Å²) in [6.07, 6.45) is 6.74. The number of primary amides is 1. The van der Waals surface area contributed by atoms with E-state index < -0.39 is 12.1 Å². The van der Waals surface area contributed by atoms with Gasteiger partial charge in [0.05, 0.1) is 15.6 Å². The van der Waals surface area contributed by atoms with Gasteiger partial charge in [0.25, 0.3) is 0 Å². The number of hydrogen-bond acceptors (Lipinski definition) is 4. The molecule has 0 bridgehead atoms. The first kappa shape index (κ1) is 17.2. The van der Waals surface area contributed by atoms with Crippen molar-refractivity contribution >= 4 is 34.8 Å². The van der Waals surface area contributed by atoms with Gasteiger partial charge < -0.3 is 16.2 Å². The molecular formula is C17H20N4O3S. The molecule has 0 unspecified atom stereocenters. The zero-order valence-corrected chi connectivity index (χ0v) is 14.4. The Morgan fingerprint density at radius 2 is 1.96 bits per heavy atom. The Balaban J connectivity index is 1.91. The lowest BCUT2D eigenvalue weighted by Crippen LogP contribution is -2.20. The third-order valence-corrected chi connectivity index (χ3v) is 5.47. The van der Waals surface area contributed by atoms with Gasteiger partial charge in [0.1, 0.15) is 0 Å². The molecule has 0 saturated heterocycles. The van der Waals surface area contributed by atoms with E-state index in [0.29, 0.717) is 17.3 Å². The number of nitrogens with one attached hydrogen (secondary N) is 2. The highest BCUT2D eigenvalue weighted by atomic mass is 32.1. The minimum atomic E-state index is -1.17. The molecule has 1 aromatic carbocycles. The topological polar surface area (TPSA) is 117 Å². The van der Waals surface area contributed by atoms with Gasteiger partial charge in [-0.3, -0.25) is 5.32 Å². The first-order valence-electron chi connectivity index (χ1n) is 8.19. The second-order valence-electron chi connectivity index (χ2n) is 6.08. The molecule has 3 amide bonds. The number of carbonyl (C=O) groups excluding carboxylic acids is 1. The molecule has 1 aliphatic carbocycles. The Kier molecular flexibility index (Phi) is 5.18. The number of anilines is 2. The molecule has 25 heavy (non-hydrogen) atoms. The number of thiazole rings is 1. The SMILES string of the molecule is NC(=O)Nc1cc(NC(=O)O)ccc1-c1cnc(C2CCCCC2)s1. The van der Waals surface area contributed by atoms with Crippen molar-refractivity contribution in [2.24, 2.45) is 5.73 Å². The number of carbonyl (C=O) groups is 2. The number of hydrogen-bond donors (Lipinski definition) is 4. The fourth-order valence-electron chi connectivity index (χ4n) is 3.15. The zero-order chi connectivity index (χ0) is 17.8. The molecule has 1 heterocycles. The lowest BCUT2D eigenvalue weighted by molar-refractivity contribution is 0.209. The number of carboxylic acid groups (broad SMARTS) is 1. The van der Waals surface area contributed by atoms with Crippen LogP contribution in [0.5, 0.6) is 0 Å². The number of nitrogens with zero attached hydrogens (tertiary/aromatic N) is 1. The smallest absolute Gasteiger partial charge is 0.409 e. The van der Waals surface area contributed by atoms with Crippen molar-refractivity contribution in [3.05, 3.63) is 29.4 Å². The fraction of sp³-hybridized carbons (Fsp3) is 0.353. The van der Waals surface area contributed by atoms with Crippen molar-refractivity contribution in [2.75, 3.05) is 10.6 Å². The quantitative estimate of drug-likeness (QED) is 0.644. The molecule has 8 heteroatoms. The average Bonchev–Trinajstić information content (AvgIpc) is 3.04. The molecule has 7 nitrogen and oxygen atoms in total. The molecule has 0 atom stereocenters. The number of amides is 3. The van der Waals surface area contributed by atoms with Gasteiger partial charge in [0.2, 0.25) is 0 Å². The lowest BCUT2D eigenvalue weighted by atomic mass is 9.90. The van der Waals surface area contributed by atoms with Crippen molar-refractivity contribution in [2.45, 2.75) is 38.0 Å². The van der Waals surface area contributed by atoms with E-state index in [0.717, 1.165) is 15.4 Å². The maximum absolute atomic E-state index is 11.3. The van der Waals surface area contributed by atoms with Gasteiger partial charge in [-0.25, -0.2) is 14.6 Å². The van der Waals surface area contributed by atoms with Crippen LogP contribution in [0.3, 0.4) is 0 Å². The summed E-state index contributed by atoms with van der Waals surface area (Å²) in [5.41, 5.74) is 6.83. The van der Waals surface area contributed by atoms with E-state index in [9.17, 15) is 9.59 Å². The second-order valence-corrected chi connectivity index (χ2v) is 7.14. The normalized spacial score (nSPS) is 14.9. The van der Waals surface area contributed by atoms with Crippen molar-refractivity contribution in [3.8, 4) is 10.4 Å². The summed E-state index contributed by atoms with van der Waals surface area (Å²) >= 11 is 1.61.